The fourth-order valence-corrected chi connectivity index (χ4v) is 6.30. The van der Waals surface area contributed by atoms with Crippen molar-refractivity contribution in [2.75, 3.05) is 49.7 Å². The molecule has 1 spiro atoms. The van der Waals surface area contributed by atoms with Gasteiger partial charge in [0.15, 0.2) is 5.78 Å². The first-order chi connectivity index (χ1) is 22.8. The van der Waals surface area contributed by atoms with Gasteiger partial charge < -0.3 is 24.8 Å². The predicted octanol–water partition coefficient (Wildman–Crippen LogP) is 5.23. The number of piperidine rings is 1. The SMILES string of the molecule is CCOC(=O)/C=C/C(=O)Nc1ccc(CCN2CN(c3ccccc3)C3(CCN(CCCC(=O)c4ccc(F)cc4)CC3)C2=O)cc1. The maximum Gasteiger partial charge on any atom is 0.330 e. The quantitative estimate of drug-likeness (QED) is 0.155. The molecule has 1 N–H and O–H groups in total. The molecule has 2 amide bonds. The van der Waals surface area contributed by atoms with E-state index < -0.39 is 17.4 Å². The first kappa shape index (κ1) is 33.5. The summed E-state index contributed by atoms with van der Waals surface area (Å²) in [6.07, 6.45) is 5.39. The molecular weight excluding hydrogens is 599 g/mol. The number of ketones is 1. The summed E-state index contributed by atoms with van der Waals surface area (Å²) in [5.74, 6) is -1.19. The molecule has 2 aliphatic rings. The van der Waals surface area contributed by atoms with Crippen LogP contribution in [-0.2, 0) is 25.5 Å². The average Bonchev–Trinajstić information content (AvgIpc) is 3.35. The van der Waals surface area contributed by atoms with Crippen LogP contribution in [0.1, 0.15) is 48.5 Å². The van der Waals surface area contributed by atoms with Gasteiger partial charge >= 0.3 is 5.97 Å². The van der Waals surface area contributed by atoms with E-state index in [-0.39, 0.29) is 24.1 Å². The topological polar surface area (TPSA) is 99.3 Å². The lowest BCUT2D eigenvalue weighted by Crippen LogP contribution is -2.56. The Hall–Kier alpha value is -4.83. The predicted molar refractivity (Wildman–Crippen MR) is 178 cm³/mol. The van der Waals surface area contributed by atoms with Crippen LogP contribution < -0.4 is 10.2 Å². The number of hydrogen-bond acceptors (Lipinski definition) is 7. The Morgan fingerprint density at radius 2 is 1.62 bits per heavy atom. The van der Waals surface area contributed by atoms with E-state index in [0.717, 1.165) is 43.0 Å². The zero-order chi connectivity index (χ0) is 33.2. The highest BCUT2D eigenvalue weighted by molar-refractivity contribution is 6.02. The minimum absolute atomic E-state index is 0.0120. The Labute approximate surface area is 275 Å². The number of benzene rings is 3. The van der Waals surface area contributed by atoms with Crippen LogP contribution in [0, 0.1) is 5.82 Å². The van der Waals surface area contributed by atoms with Crippen LogP contribution in [0.25, 0.3) is 0 Å². The molecule has 2 saturated heterocycles. The number of halogens is 1. The summed E-state index contributed by atoms with van der Waals surface area (Å²) in [5, 5.41) is 2.73. The third-order valence-corrected chi connectivity index (χ3v) is 8.86. The Kier molecular flexibility index (Phi) is 11.2. The van der Waals surface area contributed by atoms with Crippen molar-refractivity contribution >= 4 is 34.9 Å². The molecule has 0 unspecified atom stereocenters. The fourth-order valence-electron chi connectivity index (χ4n) is 6.30. The van der Waals surface area contributed by atoms with Crippen LogP contribution in [0.2, 0.25) is 0 Å². The van der Waals surface area contributed by atoms with Gasteiger partial charge in [-0.05, 0) is 93.2 Å². The van der Waals surface area contributed by atoms with Crippen LogP contribution in [0.5, 0.6) is 0 Å². The summed E-state index contributed by atoms with van der Waals surface area (Å²) in [7, 11) is 0. The molecule has 3 aromatic carbocycles. The number of nitrogens with zero attached hydrogens (tertiary/aromatic N) is 3. The molecule has 0 radical (unpaired) electrons. The molecule has 0 aliphatic carbocycles. The zero-order valence-corrected chi connectivity index (χ0v) is 26.7. The summed E-state index contributed by atoms with van der Waals surface area (Å²) in [6, 6.07) is 23.2. The number of para-hydroxylation sites is 1. The second kappa shape index (κ2) is 15.6. The molecular formula is C37H41FN4O5. The third-order valence-electron chi connectivity index (χ3n) is 8.86. The van der Waals surface area contributed by atoms with Crippen molar-refractivity contribution in [3.05, 3.63) is 108 Å². The van der Waals surface area contributed by atoms with Gasteiger partial charge in [-0.3, -0.25) is 14.4 Å². The average molecular weight is 641 g/mol. The van der Waals surface area contributed by atoms with Gasteiger partial charge in [0, 0.05) is 55.1 Å². The van der Waals surface area contributed by atoms with Crippen molar-refractivity contribution in [2.24, 2.45) is 0 Å². The fraction of sp³-hybridized carbons (Fsp3) is 0.351. The number of likely N-dealkylation sites (tertiary alicyclic amines) is 1. The summed E-state index contributed by atoms with van der Waals surface area (Å²) in [4.78, 5) is 56.7. The summed E-state index contributed by atoms with van der Waals surface area (Å²) in [5.41, 5.74) is 2.58. The maximum atomic E-state index is 14.1. The van der Waals surface area contributed by atoms with Crippen LogP contribution in [0.3, 0.4) is 0 Å². The minimum atomic E-state index is -0.618. The van der Waals surface area contributed by atoms with Crippen LogP contribution in [0.4, 0.5) is 15.8 Å². The molecule has 10 heteroatoms. The van der Waals surface area contributed by atoms with Gasteiger partial charge in [0.25, 0.3) is 0 Å². The number of anilines is 2. The van der Waals surface area contributed by atoms with Crippen LogP contribution in [0.15, 0.2) is 91.0 Å². The molecule has 47 heavy (non-hydrogen) atoms. The summed E-state index contributed by atoms with van der Waals surface area (Å²) in [6.45, 7) is 5.30. The second-order valence-corrected chi connectivity index (χ2v) is 11.9. The zero-order valence-electron chi connectivity index (χ0n) is 26.7. The van der Waals surface area contributed by atoms with E-state index in [2.05, 4.69) is 27.2 Å². The molecule has 0 saturated carbocycles. The van der Waals surface area contributed by atoms with E-state index >= 15 is 0 Å². The van der Waals surface area contributed by atoms with Crippen molar-refractivity contribution in [3.8, 4) is 0 Å². The number of nitrogens with one attached hydrogen (secondary N) is 1. The number of Topliss-reactive ketones (excluding diaryl/α,β-unsaturated/α-hetero) is 1. The first-order valence-electron chi connectivity index (χ1n) is 16.2. The lowest BCUT2D eigenvalue weighted by Gasteiger charge is -2.43. The standard InChI is InChI=1S/C37H41FN4O5/c1-2-47-35(45)19-18-34(44)39-31-16-10-28(11-17-31)20-24-41-27-42(32-7-4-3-5-8-32)37(36(41)46)21-25-40(26-22-37)23-6-9-33(43)29-12-14-30(38)15-13-29/h3-5,7-8,10-19H,2,6,9,20-27H2,1H3,(H,39,44)/b19-18+. The Bertz CT molecular complexity index is 1570. The minimum Gasteiger partial charge on any atom is -0.463 e. The molecule has 5 rings (SSSR count). The molecule has 2 aliphatic heterocycles. The molecule has 3 aromatic rings. The van der Waals surface area contributed by atoms with Crippen molar-refractivity contribution in [1.29, 1.82) is 0 Å². The third kappa shape index (κ3) is 8.51. The van der Waals surface area contributed by atoms with E-state index in [9.17, 15) is 23.6 Å². The molecule has 2 fully saturated rings. The highest BCUT2D eigenvalue weighted by Crippen LogP contribution is 2.39. The van der Waals surface area contributed by atoms with E-state index in [0.29, 0.717) is 56.6 Å². The monoisotopic (exact) mass is 640 g/mol. The molecule has 9 nitrogen and oxygen atoms in total. The number of hydrogen-bond donors (Lipinski definition) is 1. The number of rotatable bonds is 13. The molecule has 246 valence electrons. The van der Waals surface area contributed by atoms with Gasteiger partial charge in [-0.25, -0.2) is 9.18 Å². The van der Waals surface area contributed by atoms with Gasteiger partial charge in [-0.2, -0.15) is 0 Å². The van der Waals surface area contributed by atoms with Crippen molar-refractivity contribution in [1.82, 2.24) is 9.80 Å². The van der Waals surface area contributed by atoms with Gasteiger partial charge in [0.1, 0.15) is 11.4 Å². The van der Waals surface area contributed by atoms with Gasteiger partial charge in [-0.15, -0.1) is 0 Å². The smallest absolute Gasteiger partial charge is 0.330 e. The van der Waals surface area contributed by atoms with Gasteiger partial charge in [0.2, 0.25) is 11.8 Å². The van der Waals surface area contributed by atoms with E-state index in [1.54, 1.807) is 19.1 Å². The Balaban J connectivity index is 1.16. The number of carbonyl (C=O) groups excluding carboxylic acids is 4. The van der Waals surface area contributed by atoms with E-state index in [1.165, 1.54) is 24.3 Å². The molecule has 0 atom stereocenters. The number of amides is 2. The molecule has 0 aromatic heterocycles. The number of ether oxygens (including phenoxy) is 1. The van der Waals surface area contributed by atoms with Crippen molar-refractivity contribution < 1.29 is 28.3 Å². The van der Waals surface area contributed by atoms with Gasteiger partial charge in [0.05, 0.1) is 13.3 Å². The number of esters is 1. The van der Waals surface area contributed by atoms with E-state index in [1.807, 2.05) is 35.2 Å². The largest absolute Gasteiger partial charge is 0.463 e. The van der Waals surface area contributed by atoms with E-state index in [4.69, 9.17) is 4.74 Å². The Morgan fingerprint density at radius 1 is 0.915 bits per heavy atom. The van der Waals surface area contributed by atoms with Crippen LogP contribution >= 0.6 is 0 Å². The second-order valence-electron chi connectivity index (χ2n) is 11.9. The van der Waals surface area contributed by atoms with Gasteiger partial charge in [-0.1, -0.05) is 30.3 Å². The highest BCUT2D eigenvalue weighted by Gasteiger charge is 2.53. The highest BCUT2D eigenvalue weighted by atomic mass is 19.1. The Morgan fingerprint density at radius 3 is 2.30 bits per heavy atom. The normalized spacial score (nSPS) is 16.2. The molecule has 2 heterocycles. The molecule has 0 bridgehead atoms. The summed E-state index contributed by atoms with van der Waals surface area (Å²) >= 11 is 0. The maximum absolute atomic E-state index is 14.1. The lowest BCUT2D eigenvalue weighted by atomic mass is 9.85. The number of carbonyl (C=O) groups is 4. The van der Waals surface area contributed by atoms with Crippen molar-refractivity contribution in [3.63, 3.8) is 0 Å². The van der Waals surface area contributed by atoms with Crippen molar-refractivity contribution in [2.45, 2.75) is 44.6 Å². The van der Waals surface area contributed by atoms with Crippen LogP contribution in [-0.4, -0.2) is 78.4 Å². The first-order valence-corrected chi connectivity index (χ1v) is 16.2. The summed E-state index contributed by atoms with van der Waals surface area (Å²) < 4.78 is 18.0. The lowest BCUT2D eigenvalue weighted by molar-refractivity contribution is -0.137.